The number of carbonyl (C=O) groups excluding carboxylic acids is 1. The first-order valence-electron chi connectivity index (χ1n) is 10.6. The molecular weight excluding hydrogens is 380 g/mol. The third kappa shape index (κ3) is 3.52. The number of hydrogen-bond acceptors (Lipinski definition) is 6. The quantitative estimate of drug-likeness (QED) is 0.670. The third-order valence-corrected chi connectivity index (χ3v) is 6.35. The number of rotatable bonds is 6. The highest BCUT2D eigenvalue weighted by atomic mass is 16.3. The van der Waals surface area contributed by atoms with Crippen LogP contribution in [0.3, 0.4) is 0 Å². The Kier molecular flexibility index (Phi) is 5.08. The Balaban J connectivity index is 1.18. The normalized spacial score (nSPS) is 21.4. The number of aromatic nitrogens is 4. The lowest BCUT2D eigenvalue weighted by Crippen LogP contribution is -2.51. The summed E-state index contributed by atoms with van der Waals surface area (Å²) in [5.41, 5.74) is 2.81. The number of hydrogen-bond donors (Lipinski definition) is 1. The van der Waals surface area contributed by atoms with Crippen LogP contribution >= 0.6 is 0 Å². The summed E-state index contributed by atoms with van der Waals surface area (Å²) in [6, 6.07) is 10.2. The summed E-state index contributed by atoms with van der Waals surface area (Å²) in [6.45, 7) is 2.38. The summed E-state index contributed by atoms with van der Waals surface area (Å²) < 4.78 is 1.88. The summed E-state index contributed by atoms with van der Waals surface area (Å²) in [5.74, 6) is 1.33. The molecule has 5 heterocycles. The van der Waals surface area contributed by atoms with Crippen molar-refractivity contribution in [3.05, 3.63) is 54.1 Å². The summed E-state index contributed by atoms with van der Waals surface area (Å²) in [6.07, 6.45) is 6.97. The first kappa shape index (κ1) is 19.0. The fourth-order valence-corrected chi connectivity index (χ4v) is 4.78. The monoisotopic (exact) mass is 406 g/mol. The molecule has 0 bridgehead atoms. The van der Waals surface area contributed by atoms with Gasteiger partial charge in [-0.3, -0.25) is 4.79 Å². The van der Waals surface area contributed by atoms with E-state index in [0.717, 1.165) is 68.0 Å². The molecule has 2 fully saturated rings. The number of pyridine rings is 2. The maximum Gasteiger partial charge on any atom is 0.226 e. The first-order chi connectivity index (χ1) is 14.7. The summed E-state index contributed by atoms with van der Waals surface area (Å²) in [7, 11) is 0. The van der Waals surface area contributed by atoms with Crippen molar-refractivity contribution in [1.29, 1.82) is 0 Å². The molecule has 1 N–H and O–H groups in total. The Bertz CT molecular complexity index is 1030. The fourth-order valence-electron chi connectivity index (χ4n) is 4.78. The van der Waals surface area contributed by atoms with Crippen LogP contribution in [0.1, 0.15) is 30.5 Å². The summed E-state index contributed by atoms with van der Waals surface area (Å²) in [5, 5.41) is 13.5. The second kappa shape index (κ2) is 8.02. The van der Waals surface area contributed by atoms with Gasteiger partial charge in [-0.15, -0.1) is 0 Å². The van der Waals surface area contributed by atoms with Crippen molar-refractivity contribution in [3.63, 3.8) is 0 Å². The number of aliphatic hydroxyl groups excluding tert-OH is 1. The smallest absolute Gasteiger partial charge is 0.226 e. The summed E-state index contributed by atoms with van der Waals surface area (Å²) in [4.78, 5) is 26.0. The molecule has 0 radical (unpaired) electrons. The Morgan fingerprint density at radius 2 is 2.07 bits per heavy atom. The third-order valence-electron chi connectivity index (χ3n) is 6.35. The zero-order valence-corrected chi connectivity index (χ0v) is 16.9. The zero-order valence-electron chi connectivity index (χ0n) is 16.9. The van der Waals surface area contributed by atoms with Crippen LogP contribution in [0.2, 0.25) is 0 Å². The van der Waals surface area contributed by atoms with Crippen LogP contribution in [0.25, 0.3) is 5.65 Å². The Labute approximate surface area is 175 Å². The van der Waals surface area contributed by atoms with E-state index in [1.54, 1.807) is 12.5 Å². The molecule has 0 saturated carbocycles. The van der Waals surface area contributed by atoms with E-state index in [4.69, 9.17) is 0 Å². The minimum Gasteiger partial charge on any atom is -0.392 e. The Hall–Kier alpha value is -3.00. The van der Waals surface area contributed by atoms with Crippen LogP contribution in [0.15, 0.2) is 42.9 Å². The molecule has 0 aromatic carbocycles. The molecule has 8 heteroatoms. The summed E-state index contributed by atoms with van der Waals surface area (Å²) >= 11 is 0. The van der Waals surface area contributed by atoms with Gasteiger partial charge in [0, 0.05) is 37.4 Å². The molecule has 156 valence electrons. The van der Waals surface area contributed by atoms with Gasteiger partial charge in [0.1, 0.15) is 12.1 Å². The van der Waals surface area contributed by atoms with E-state index in [-0.39, 0.29) is 18.6 Å². The molecule has 3 aromatic heterocycles. The Morgan fingerprint density at radius 1 is 1.13 bits per heavy atom. The van der Waals surface area contributed by atoms with E-state index in [9.17, 15) is 9.90 Å². The van der Waals surface area contributed by atoms with E-state index in [0.29, 0.717) is 5.91 Å². The molecule has 30 heavy (non-hydrogen) atoms. The molecular formula is C22H26N6O2. The van der Waals surface area contributed by atoms with Crippen molar-refractivity contribution in [2.24, 2.45) is 5.92 Å². The van der Waals surface area contributed by atoms with E-state index in [2.05, 4.69) is 30.9 Å². The highest BCUT2D eigenvalue weighted by molar-refractivity contribution is 5.82. The van der Waals surface area contributed by atoms with Crippen LogP contribution in [0.5, 0.6) is 0 Å². The SMILES string of the molecule is O=C1[C@@H](CCCc2cccc3ncnn23)C[C@H]2CN(c3ccc(CO)cn3)CCN12. The van der Waals surface area contributed by atoms with Gasteiger partial charge in [-0.2, -0.15) is 5.10 Å². The highest BCUT2D eigenvalue weighted by Gasteiger charge is 2.42. The second-order valence-corrected chi connectivity index (χ2v) is 8.19. The number of piperazine rings is 1. The van der Waals surface area contributed by atoms with Crippen molar-refractivity contribution >= 4 is 17.4 Å². The highest BCUT2D eigenvalue weighted by Crippen LogP contribution is 2.32. The number of carbonyl (C=O) groups is 1. The number of aliphatic hydroxyl groups is 1. The second-order valence-electron chi connectivity index (χ2n) is 8.19. The first-order valence-corrected chi connectivity index (χ1v) is 10.6. The van der Waals surface area contributed by atoms with Crippen LogP contribution in [-0.4, -0.2) is 61.2 Å². The maximum absolute atomic E-state index is 12.9. The predicted octanol–water partition coefficient (Wildman–Crippen LogP) is 1.68. The lowest BCUT2D eigenvalue weighted by Gasteiger charge is -2.38. The molecule has 3 aromatic rings. The van der Waals surface area contributed by atoms with Crippen molar-refractivity contribution in [2.45, 2.75) is 38.3 Å². The number of amides is 1. The standard InChI is InChI=1S/C22H26N6O2/c29-14-16-7-8-20(23-12-16)26-9-10-27-19(13-26)11-17(22(27)30)3-1-4-18-5-2-6-21-24-15-25-28(18)21/h2,5-8,12,15,17,19,29H,1,3-4,9-11,13-14H2/t17-,19-/m0/s1. The van der Waals surface area contributed by atoms with Crippen LogP contribution in [0, 0.1) is 5.92 Å². The molecule has 0 aliphatic carbocycles. The molecule has 2 atom stereocenters. The Morgan fingerprint density at radius 3 is 2.90 bits per heavy atom. The number of aryl methyl sites for hydroxylation is 1. The van der Waals surface area contributed by atoms with Crippen molar-refractivity contribution in [2.75, 3.05) is 24.5 Å². The molecule has 1 amide bonds. The van der Waals surface area contributed by atoms with Crippen LogP contribution < -0.4 is 4.90 Å². The topological polar surface area (TPSA) is 86.9 Å². The van der Waals surface area contributed by atoms with Gasteiger partial charge in [0.2, 0.25) is 5.91 Å². The number of fused-ring (bicyclic) bond motifs is 2. The molecule has 0 unspecified atom stereocenters. The van der Waals surface area contributed by atoms with Gasteiger partial charge < -0.3 is 14.9 Å². The van der Waals surface area contributed by atoms with Gasteiger partial charge in [-0.05, 0) is 49.4 Å². The molecule has 2 aliphatic heterocycles. The lowest BCUT2D eigenvalue weighted by molar-refractivity contribution is -0.132. The average molecular weight is 406 g/mol. The van der Waals surface area contributed by atoms with E-state index in [1.807, 2.05) is 28.8 Å². The molecule has 0 spiro atoms. The van der Waals surface area contributed by atoms with Gasteiger partial charge in [-0.1, -0.05) is 12.1 Å². The van der Waals surface area contributed by atoms with Crippen molar-refractivity contribution in [3.8, 4) is 0 Å². The van der Waals surface area contributed by atoms with Crippen LogP contribution in [0.4, 0.5) is 5.82 Å². The largest absolute Gasteiger partial charge is 0.392 e. The van der Waals surface area contributed by atoms with Gasteiger partial charge in [0.05, 0.1) is 12.6 Å². The number of nitrogens with zero attached hydrogens (tertiary/aromatic N) is 6. The number of anilines is 1. The van der Waals surface area contributed by atoms with Gasteiger partial charge in [-0.25, -0.2) is 14.5 Å². The van der Waals surface area contributed by atoms with Gasteiger partial charge in [0.15, 0.2) is 5.65 Å². The lowest BCUT2D eigenvalue weighted by atomic mass is 9.97. The maximum atomic E-state index is 12.9. The van der Waals surface area contributed by atoms with E-state index >= 15 is 0 Å². The average Bonchev–Trinajstić information content (AvgIpc) is 3.39. The molecule has 8 nitrogen and oxygen atoms in total. The molecule has 2 saturated heterocycles. The molecule has 5 rings (SSSR count). The van der Waals surface area contributed by atoms with Crippen molar-refractivity contribution < 1.29 is 9.90 Å². The fraction of sp³-hybridized carbons (Fsp3) is 0.455. The molecule has 2 aliphatic rings. The zero-order chi connectivity index (χ0) is 20.5. The van der Waals surface area contributed by atoms with E-state index in [1.165, 1.54) is 0 Å². The minimum absolute atomic E-state index is 0.00523. The van der Waals surface area contributed by atoms with Crippen molar-refractivity contribution in [1.82, 2.24) is 24.5 Å². The predicted molar refractivity (Wildman–Crippen MR) is 112 cm³/mol. The van der Waals surface area contributed by atoms with Crippen LogP contribution in [-0.2, 0) is 17.8 Å². The van der Waals surface area contributed by atoms with E-state index < -0.39 is 0 Å². The minimum atomic E-state index is 0.00523. The van der Waals surface area contributed by atoms with Gasteiger partial charge >= 0.3 is 0 Å². The van der Waals surface area contributed by atoms with Gasteiger partial charge in [0.25, 0.3) is 0 Å².